The summed E-state index contributed by atoms with van der Waals surface area (Å²) < 4.78 is 6.23. The van der Waals surface area contributed by atoms with Crippen molar-refractivity contribution in [2.45, 2.75) is 0 Å². The molecule has 11 rings (SSSR count). The Morgan fingerprint density at radius 2 is 0.897 bits per heavy atom. The average Bonchev–Trinajstić information content (AvgIpc) is 3.74. The van der Waals surface area contributed by atoms with Gasteiger partial charge in [-0.05, 0) is 103 Å². The highest BCUT2D eigenvalue weighted by atomic mass is 16.3. The summed E-state index contributed by atoms with van der Waals surface area (Å²) in [6.45, 7) is 0. The second-order valence-corrected chi connectivity index (χ2v) is 14.9. The molecule has 58 heavy (non-hydrogen) atoms. The van der Waals surface area contributed by atoms with Crippen LogP contribution in [0.3, 0.4) is 0 Å². The van der Waals surface area contributed by atoms with E-state index in [4.69, 9.17) is 4.42 Å². The van der Waals surface area contributed by atoms with Crippen LogP contribution in [0.2, 0.25) is 0 Å². The Kier molecular flexibility index (Phi) is 8.19. The third-order valence-corrected chi connectivity index (χ3v) is 11.4. The summed E-state index contributed by atoms with van der Waals surface area (Å²) >= 11 is 0. The molecule has 0 fully saturated rings. The topological polar surface area (TPSA) is 16.4 Å². The standard InChI is InChI=1S/C56H37NO/c1-2-13-38(14-3-1)39-25-27-40(28-26-39)50-20-9-10-23-53(50)57(54-36-45-15-4-6-19-49(45)51-21-7-8-22-52(51)54)48-32-31-43-33-42(29-30-44(43)35-48)41-17-12-18-46(34-41)56-37-47-16-5-11-24-55(47)58-56/h1-37H. The SMILES string of the molecule is c1ccc(-c2ccc(-c3ccccc3N(c3ccc4cc(-c5cccc(-c6cc7ccccc7o6)c5)ccc4c3)c3cc4ccccc4c4ccccc34)cc2)cc1. The van der Waals surface area contributed by atoms with Gasteiger partial charge in [-0.3, -0.25) is 0 Å². The Labute approximate surface area is 337 Å². The number of benzene rings is 10. The number of anilines is 3. The van der Waals surface area contributed by atoms with E-state index >= 15 is 0 Å². The van der Waals surface area contributed by atoms with Crippen LogP contribution in [0.1, 0.15) is 0 Å². The van der Waals surface area contributed by atoms with Crippen LogP contribution in [-0.2, 0) is 0 Å². The van der Waals surface area contributed by atoms with Crippen molar-refractivity contribution in [3.05, 3.63) is 224 Å². The fraction of sp³-hybridized carbons (Fsp3) is 0. The Balaban J connectivity index is 1.05. The first-order valence-corrected chi connectivity index (χ1v) is 19.8. The third kappa shape index (κ3) is 6.00. The van der Waals surface area contributed by atoms with Crippen LogP contribution >= 0.6 is 0 Å². The average molecular weight is 740 g/mol. The number of nitrogens with zero attached hydrogens (tertiary/aromatic N) is 1. The van der Waals surface area contributed by atoms with Crippen LogP contribution in [0.4, 0.5) is 17.1 Å². The lowest BCUT2D eigenvalue weighted by Crippen LogP contribution is -2.12. The maximum absolute atomic E-state index is 6.23. The van der Waals surface area contributed by atoms with Crippen LogP contribution in [0.25, 0.3) is 88.0 Å². The first-order valence-electron chi connectivity index (χ1n) is 19.8. The smallest absolute Gasteiger partial charge is 0.135 e. The molecule has 0 N–H and O–H groups in total. The largest absolute Gasteiger partial charge is 0.456 e. The summed E-state index contributed by atoms with van der Waals surface area (Å²) in [5.74, 6) is 0.877. The molecule has 0 unspecified atom stereocenters. The van der Waals surface area contributed by atoms with E-state index in [1.54, 1.807) is 0 Å². The van der Waals surface area contributed by atoms with E-state index in [0.29, 0.717) is 0 Å². The van der Waals surface area contributed by atoms with E-state index in [-0.39, 0.29) is 0 Å². The molecule has 0 amide bonds. The van der Waals surface area contributed by atoms with Gasteiger partial charge in [-0.1, -0.05) is 176 Å². The number of para-hydroxylation sites is 2. The number of hydrogen-bond donors (Lipinski definition) is 0. The molecule has 0 saturated carbocycles. The normalized spacial score (nSPS) is 11.4. The summed E-state index contributed by atoms with van der Waals surface area (Å²) in [5, 5.41) is 8.37. The second kappa shape index (κ2) is 14.1. The zero-order chi connectivity index (χ0) is 38.4. The van der Waals surface area contributed by atoms with Crippen molar-refractivity contribution in [2.75, 3.05) is 4.90 Å². The van der Waals surface area contributed by atoms with Gasteiger partial charge in [0.1, 0.15) is 11.3 Å². The number of rotatable bonds is 7. The monoisotopic (exact) mass is 739 g/mol. The summed E-state index contributed by atoms with van der Waals surface area (Å²) in [6.07, 6.45) is 0. The minimum Gasteiger partial charge on any atom is -0.456 e. The summed E-state index contributed by atoms with van der Waals surface area (Å²) in [4.78, 5) is 2.46. The van der Waals surface area contributed by atoms with Gasteiger partial charge in [0.15, 0.2) is 0 Å². The molecule has 272 valence electrons. The quantitative estimate of drug-likeness (QED) is 0.151. The molecular weight excluding hydrogens is 703 g/mol. The molecule has 11 aromatic rings. The van der Waals surface area contributed by atoms with Crippen molar-refractivity contribution in [3.63, 3.8) is 0 Å². The molecule has 0 bridgehead atoms. The van der Waals surface area contributed by atoms with Gasteiger partial charge in [-0.15, -0.1) is 0 Å². The van der Waals surface area contributed by atoms with Gasteiger partial charge in [0.25, 0.3) is 0 Å². The van der Waals surface area contributed by atoms with Crippen molar-refractivity contribution < 1.29 is 4.42 Å². The fourth-order valence-corrected chi connectivity index (χ4v) is 8.54. The van der Waals surface area contributed by atoms with E-state index < -0.39 is 0 Å². The summed E-state index contributed by atoms with van der Waals surface area (Å²) in [5.41, 5.74) is 12.4. The molecule has 2 heteroatoms. The van der Waals surface area contributed by atoms with Crippen LogP contribution < -0.4 is 4.90 Å². The van der Waals surface area contributed by atoms with Crippen molar-refractivity contribution >= 4 is 60.3 Å². The molecule has 2 nitrogen and oxygen atoms in total. The van der Waals surface area contributed by atoms with Gasteiger partial charge in [-0.2, -0.15) is 0 Å². The molecule has 0 atom stereocenters. The lowest BCUT2D eigenvalue weighted by atomic mass is 9.96. The van der Waals surface area contributed by atoms with E-state index in [9.17, 15) is 0 Å². The molecule has 1 aromatic heterocycles. The van der Waals surface area contributed by atoms with Gasteiger partial charge < -0.3 is 9.32 Å². The van der Waals surface area contributed by atoms with Crippen molar-refractivity contribution in [3.8, 4) is 44.7 Å². The van der Waals surface area contributed by atoms with Crippen molar-refractivity contribution in [1.29, 1.82) is 0 Å². The predicted molar refractivity (Wildman–Crippen MR) is 245 cm³/mol. The van der Waals surface area contributed by atoms with E-state index in [2.05, 4.69) is 211 Å². The van der Waals surface area contributed by atoms with Crippen LogP contribution in [-0.4, -0.2) is 0 Å². The van der Waals surface area contributed by atoms with Crippen molar-refractivity contribution in [2.24, 2.45) is 0 Å². The molecule has 10 aromatic carbocycles. The number of fused-ring (bicyclic) bond motifs is 5. The Morgan fingerprint density at radius 3 is 1.76 bits per heavy atom. The second-order valence-electron chi connectivity index (χ2n) is 14.9. The molecule has 0 radical (unpaired) electrons. The molecular formula is C56H37NO. The predicted octanol–water partition coefficient (Wildman–Crippen LogP) is 16.0. The maximum atomic E-state index is 6.23. The summed E-state index contributed by atoms with van der Waals surface area (Å²) in [7, 11) is 0. The minimum atomic E-state index is 0.877. The van der Waals surface area contributed by atoms with E-state index in [1.165, 1.54) is 60.1 Å². The Hall–Kier alpha value is -7.68. The van der Waals surface area contributed by atoms with Gasteiger partial charge in [0, 0.05) is 27.6 Å². The van der Waals surface area contributed by atoms with Crippen LogP contribution in [0.5, 0.6) is 0 Å². The number of hydrogen-bond acceptors (Lipinski definition) is 2. The molecule has 0 saturated heterocycles. The van der Waals surface area contributed by atoms with Crippen LogP contribution in [0, 0.1) is 0 Å². The van der Waals surface area contributed by atoms with E-state index in [0.717, 1.165) is 44.9 Å². The summed E-state index contributed by atoms with van der Waals surface area (Å²) in [6, 6.07) is 80.8. The molecule has 0 spiro atoms. The van der Waals surface area contributed by atoms with Crippen LogP contribution in [0.15, 0.2) is 229 Å². The maximum Gasteiger partial charge on any atom is 0.135 e. The van der Waals surface area contributed by atoms with Crippen molar-refractivity contribution in [1.82, 2.24) is 0 Å². The van der Waals surface area contributed by atoms with Gasteiger partial charge in [-0.25, -0.2) is 0 Å². The highest BCUT2D eigenvalue weighted by Crippen LogP contribution is 2.46. The van der Waals surface area contributed by atoms with E-state index in [1.807, 2.05) is 18.2 Å². The highest BCUT2D eigenvalue weighted by molar-refractivity contribution is 6.15. The van der Waals surface area contributed by atoms with Gasteiger partial charge in [0.2, 0.25) is 0 Å². The zero-order valence-corrected chi connectivity index (χ0v) is 31.7. The minimum absolute atomic E-state index is 0.877. The first kappa shape index (κ1) is 33.6. The molecule has 0 aliphatic heterocycles. The zero-order valence-electron chi connectivity index (χ0n) is 31.7. The lowest BCUT2D eigenvalue weighted by molar-refractivity contribution is 0.631. The number of furan rings is 1. The van der Waals surface area contributed by atoms with Gasteiger partial charge >= 0.3 is 0 Å². The molecule has 0 aliphatic carbocycles. The fourth-order valence-electron chi connectivity index (χ4n) is 8.54. The van der Waals surface area contributed by atoms with Gasteiger partial charge in [0.05, 0.1) is 11.4 Å². The third-order valence-electron chi connectivity index (χ3n) is 11.4. The molecule has 0 aliphatic rings. The Bertz CT molecular complexity index is 3250. The first-order chi connectivity index (χ1) is 28.7. The molecule has 1 heterocycles. The highest BCUT2D eigenvalue weighted by Gasteiger charge is 2.21. The lowest BCUT2D eigenvalue weighted by Gasteiger charge is -2.30. The Morgan fingerprint density at radius 1 is 0.293 bits per heavy atom.